The maximum absolute atomic E-state index is 13.5. The number of rotatable bonds is 2. The molecule has 1 saturated heterocycles. The summed E-state index contributed by atoms with van der Waals surface area (Å²) in [5, 5.41) is 4.20. The highest BCUT2D eigenvalue weighted by molar-refractivity contribution is 5.65. The summed E-state index contributed by atoms with van der Waals surface area (Å²) in [7, 11) is 0. The Labute approximate surface area is 162 Å². The minimum absolute atomic E-state index is 0.0160. The Balaban J connectivity index is 1.84. The van der Waals surface area contributed by atoms with E-state index in [2.05, 4.69) is 5.32 Å². The van der Waals surface area contributed by atoms with Gasteiger partial charge in [-0.25, -0.2) is 14.2 Å². The smallest absolute Gasteiger partial charge is 0.283 e. The second kappa shape index (κ2) is 7.00. The van der Waals surface area contributed by atoms with Gasteiger partial charge in [0.15, 0.2) is 5.65 Å². The first-order valence-electron chi connectivity index (χ1n) is 9.85. The number of hydrogen-bond acceptors (Lipinski definition) is 3. The predicted octanol–water partition coefficient (Wildman–Crippen LogP) is 3.14. The summed E-state index contributed by atoms with van der Waals surface area (Å²) in [5.41, 5.74) is 4.48. The van der Waals surface area contributed by atoms with Gasteiger partial charge in [0.05, 0.1) is 17.6 Å². The molecule has 0 amide bonds. The molecule has 5 rings (SSSR count). The van der Waals surface area contributed by atoms with E-state index in [0.717, 1.165) is 54.1 Å². The lowest BCUT2D eigenvalue weighted by molar-refractivity contribution is 0.721. The van der Waals surface area contributed by atoms with Crippen LogP contribution in [0.5, 0.6) is 0 Å². The van der Waals surface area contributed by atoms with Crippen LogP contribution in [0.4, 0.5) is 0 Å². The fourth-order valence-electron chi connectivity index (χ4n) is 3.96. The van der Waals surface area contributed by atoms with Gasteiger partial charge < -0.3 is 5.32 Å². The predicted molar refractivity (Wildman–Crippen MR) is 111 cm³/mol. The molecule has 1 fully saturated rings. The summed E-state index contributed by atoms with van der Waals surface area (Å²) >= 11 is 0. The van der Waals surface area contributed by atoms with Crippen molar-refractivity contribution >= 4 is 11.3 Å². The molecule has 0 unspecified atom stereocenters. The zero-order valence-corrected chi connectivity index (χ0v) is 15.6. The van der Waals surface area contributed by atoms with E-state index in [1.165, 1.54) is 6.42 Å². The molecule has 2 aromatic carbocycles. The van der Waals surface area contributed by atoms with Crippen LogP contribution in [0.2, 0.25) is 0 Å². The van der Waals surface area contributed by atoms with E-state index in [4.69, 9.17) is 4.98 Å². The molecule has 0 atom stereocenters. The number of para-hydroxylation sites is 1. The second-order valence-electron chi connectivity index (χ2n) is 7.20. The minimum Gasteiger partial charge on any atom is -0.388 e. The van der Waals surface area contributed by atoms with E-state index in [-0.39, 0.29) is 5.56 Å². The monoisotopic (exact) mass is 370 g/mol. The summed E-state index contributed by atoms with van der Waals surface area (Å²) in [6, 6.07) is 19.9. The van der Waals surface area contributed by atoms with Gasteiger partial charge in [-0.3, -0.25) is 4.79 Å². The molecule has 3 heterocycles. The van der Waals surface area contributed by atoms with Crippen LogP contribution in [0.3, 0.4) is 0 Å². The van der Waals surface area contributed by atoms with Gasteiger partial charge in [-0.1, -0.05) is 55.0 Å². The molecule has 1 aliphatic heterocycles. The van der Waals surface area contributed by atoms with Crippen molar-refractivity contribution in [2.45, 2.75) is 25.7 Å². The Hall–Kier alpha value is -3.34. The van der Waals surface area contributed by atoms with Crippen LogP contribution < -0.4 is 16.1 Å². The molecule has 28 heavy (non-hydrogen) atoms. The topological polar surface area (TPSA) is 51.3 Å². The van der Waals surface area contributed by atoms with E-state index in [0.29, 0.717) is 5.22 Å². The number of aromatic nitrogens is 3. The molecular formula is C23H22N4O. The molecule has 2 aromatic heterocycles. The van der Waals surface area contributed by atoms with Crippen molar-refractivity contribution < 1.29 is 0 Å². The van der Waals surface area contributed by atoms with E-state index in [1.54, 1.807) is 4.68 Å². The molecule has 0 saturated carbocycles. The first-order valence-corrected chi connectivity index (χ1v) is 9.85. The summed E-state index contributed by atoms with van der Waals surface area (Å²) in [6.45, 7) is 0.906. The molecule has 0 radical (unpaired) electrons. The Morgan fingerprint density at radius 1 is 0.893 bits per heavy atom. The number of hydrogen-bond donors (Lipinski definition) is 1. The van der Waals surface area contributed by atoms with Crippen LogP contribution in [0.25, 0.3) is 28.3 Å². The highest BCUT2D eigenvalue weighted by Crippen LogP contribution is 2.19. The Morgan fingerprint density at radius 2 is 1.64 bits per heavy atom. The molecule has 0 bridgehead atoms. The molecule has 0 aliphatic carbocycles. The van der Waals surface area contributed by atoms with Gasteiger partial charge in [0, 0.05) is 17.8 Å². The first kappa shape index (κ1) is 16.8. The second-order valence-corrected chi connectivity index (χ2v) is 7.20. The lowest BCUT2D eigenvalue weighted by Crippen LogP contribution is -2.33. The zero-order valence-electron chi connectivity index (χ0n) is 15.6. The molecular weight excluding hydrogens is 348 g/mol. The third-order valence-electron chi connectivity index (χ3n) is 5.35. The first-order chi connectivity index (χ1) is 13.8. The Morgan fingerprint density at radius 3 is 2.43 bits per heavy atom. The molecule has 4 aromatic rings. The van der Waals surface area contributed by atoms with Crippen molar-refractivity contribution in [3.63, 3.8) is 0 Å². The number of fused-ring (bicyclic) bond motifs is 1. The van der Waals surface area contributed by atoms with Crippen LogP contribution >= 0.6 is 0 Å². The Kier molecular flexibility index (Phi) is 4.20. The SMILES string of the molecule is O=c1/c(=C2\CCCCCN2)c2nc(-c3ccccc3)cn2n1-c1ccccc1. The van der Waals surface area contributed by atoms with E-state index >= 15 is 0 Å². The quantitative estimate of drug-likeness (QED) is 0.590. The van der Waals surface area contributed by atoms with Crippen LogP contribution in [-0.2, 0) is 0 Å². The van der Waals surface area contributed by atoms with Crippen LogP contribution in [0.15, 0.2) is 71.7 Å². The van der Waals surface area contributed by atoms with Crippen molar-refractivity contribution in [2.75, 3.05) is 6.54 Å². The van der Waals surface area contributed by atoms with E-state index in [1.807, 2.05) is 71.4 Å². The zero-order chi connectivity index (χ0) is 18.9. The van der Waals surface area contributed by atoms with Crippen LogP contribution in [0, 0.1) is 0 Å². The number of benzene rings is 2. The lowest BCUT2D eigenvalue weighted by atomic mass is 10.2. The summed E-state index contributed by atoms with van der Waals surface area (Å²) in [4.78, 5) is 18.3. The van der Waals surface area contributed by atoms with Crippen LogP contribution in [0.1, 0.15) is 25.7 Å². The maximum Gasteiger partial charge on any atom is 0.283 e. The third kappa shape index (κ3) is 2.80. The molecule has 0 spiro atoms. The normalized spacial score (nSPS) is 16.7. The summed E-state index contributed by atoms with van der Waals surface area (Å²) in [5.74, 6) is 0. The molecule has 5 heteroatoms. The maximum atomic E-state index is 13.5. The molecule has 5 nitrogen and oxygen atoms in total. The summed E-state index contributed by atoms with van der Waals surface area (Å²) in [6.07, 6.45) is 6.26. The molecule has 1 N–H and O–H groups in total. The lowest BCUT2D eigenvalue weighted by Gasteiger charge is -2.04. The molecule has 1 aliphatic rings. The van der Waals surface area contributed by atoms with Crippen molar-refractivity contribution in [3.05, 3.63) is 82.4 Å². The third-order valence-corrected chi connectivity index (χ3v) is 5.35. The van der Waals surface area contributed by atoms with Gasteiger partial charge in [-0.2, -0.15) is 0 Å². The largest absolute Gasteiger partial charge is 0.388 e. The van der Waals surface area contributed by atoms with Crippen molar-refractivity contribution in [1.82, 2.24) is 19.5 Å². The number of nitrogens with zero attached hydrogens (tertiary/aromatic N) is 3. The average Bonchev–Trinajstić information content (AvgIpc) is 3.13. The minimum atomic E-state index is -0.0160. The van der Waals surface area contributed by atoms with Crippen LogP contribution in [-0.4, -0.2) is 20.7 Å². The van der Waals surface area contributed by atoms with Gasteiger partial charge in [0.1, 0.15) is 5.22 Å². The fraction of sp³-hybridized carbons (Fsp3) is 0.217. The van der Waals surface area contributed by atoms with Crippen molar-refractivity contribution in [3.8, 4) is 16.9 Å². The van der Waals surface area contributed by atoms with Gasteiger partial charge in [0.2, 0.25) is 0 Å². The summed E-state index contributed by atoms with van der Waals surface area (Å²) < 4.78 is 3.62. The van der Waals surface area contributed by atoms with Crippen molar-refractivity contribution in [1.29, 1.82) is 0 Å². The number of nitrogens with one attached hydrogen (secondary N) is 1. The van der Waals surface area contributed by atoms with Crippen molar-refractivity contribution in [2.24, 2.45) is 0 Å². The number of imidazole rings is 1. The van der Waals surface area contributed by atoms with Gasteiger partial charge in [-0.05, 0) is 31.4 Å². The highest BCUT2D eigenvalue weighted by Gasteiger charge is 2.19. The fourth-order valence-corrected chi connectivity index (χ4v) is 3.96. The molecule has 140 valence electrons. The van der Waals surface area contributed by atoms with Gasteiger partial charge in [0.25, 0.3) is 5.56 Å². The van der Waals surface area contributed by atoms with E-state index in [9.17, 15) is 4.79 Å². The van der Waals surface area contributed by atoms with Gasteiger partial charge >= 0.3 is 0 Å². The van der Waals surface area contributed by atoms with E-state index < -0.39 is 0 Å². The standard InChI is InChI=1S/C23H22N4O/c28-23-21(19-14-8-3-9-15-24-19)22-25-20(17-10-4-1-5-11-17)16-26(22)27(23)18-12-6-2-7-13-18/h1-2,4-7,10-13,16,24H,3,8-9,14-15H2/b21-19+. The average molecular weight is 370 g/mol. The highest BCUT2D eigenvalue weighted by atomic mass is 16.1. The Bertz CT molecular complexity index is 1210. The van der Waals surface area contributed by atoms with Gasteiger partial charge in [-0.15, -0.1) is 0 Å².